The van der Waals surface area contributed by atoms with Crippen molar-refractivity contribution in [2.24, 2.45) is 0 Å². The molecule has 112 valence electrons. The van der Waals surface area contributed by atoms with E-state index in [1.165, 1.54) is 11.0 Å². The summed E-state index contributed by atoms with van der Waals surface area (Å²) in [7, 11) is 1.57. The van der Waals surface area contributed by atoms with Crippen LogP contribution in [0.5, 0.6) is 5.75 Å². The van der Waals surface area contributed by atoms with Crippen LogP contribution >= 0.6 is 11.6 Å². The fourth-order valence-electron chi connectivity index (χ4n) is 2.04. The molecule has 0 saturated carbocycles. The van der Waals surface area contributed by atoms with Gasteiger partial charge >= 0.3 is 6.03 Å². The van der Waals surface area contributed by atoms with Gasteiger partial charge in [-0.2, -0.15) is 0 Å². The Kier molecular flexibility index (Phi) is 4.47. The minimum Gasteiger partial charge on any atom is -0.490 e. The molecule has 1 aromatic rings. The van der Waals surface area contributed by atoms with Crippen molar-refractivity contribution in [3.8, 4) is 5.75 Å². The van der Waals surface area contributed by atoms with Crippen molar-refractivity contribution in [3.63, 3.8) is 0 Å². The number of carbonyl (C=O) groups excluding carboxylic acids is 3. The first kappa shape index (κ1) is 15.3. The van der Waals surface area contributed by atoms with E-state index in [2.05, 4.69) is 0 Å². The van der Waals surface area contributed by atoms with Crippen molar-refractivity contribution in [2.45, 2.75) is 6.92 Å². The molecule has 1 aliphatic rings. The maximum absolute atomic E-state index is 11.7. The Bertz CT molecular complexity index is 603. The lowest BCUT2D eigenvalue weighted by Crippen LogP contribution is -2.35. The number of nitrogens with zero attached hydrogens (tertiary/aromatic N) is 2. The van der Waals surface area contributed by atoms with Gasteiger partial charge in [-0.05, 0) is 24.6 Å². The highest BCUT2D eigenvalue weighted by Crippen LogP contribution is 2.27. The summed E-state index contributed by atoms with van der Waals surface area (Å²) in [5.74, 6) is 0.178. The zero-order valence-corrected chi connectivity index (χ0v) is 12.5. The molecule has 6 nitrogen and oxygen atoms in total. The first-order chi connectivity index (χ1) is 9.93. The van der Waals surface area contributed by atoms with E-state index in [4.69, 9.17) is 16.3 Å². The van der Waals surface area contributed by atoms with Gasteiger partial charge in [0.05, 0.1) is 11.6 Å². The Labute approximate surface area is 127 Å². The van der Waals surface area contributed by atoms with Crippen molar-refractivity contribution >= 4 is 29.8 Å². The van der Waals surface area contributed by atoms with Gasteiger partial charge in [-0.1, -0.05) is 11.6 Å². The van der Waals surface area contributed by atoms with E-state index in [0.717, 1.165) is 16.7 Å². The summed E-state index contributed by atoms with van der Waals surface area (Å²) in [6.45, 7) is 2.17. The van der Waals surface area contributed by atoms with E-state index in [9.17, 15) is 14.4 Å². The van der Waals surface area contributed by atoms with Gasteiger partial charge in [0.15, 0.2) is 0 Å². The van der Waals surface area contributed by atoms with Crippen LogP contribution in [0.2, 0.25) is 5.02 Å². The summed E-state index contributed by atoms with van der Waals surface area (Å²) in [5.41, 5.74) is 1.25. The Morgan fingerprint density at radius 1 is 1.38 bits per heavy atom. The third-order valence-corrected chi connectivity index (χ3v) is 3.55. The molecule has 0 spiro atoms. The molecule has 1 fully saturated rings. The molecule has 2 rings (SSSR count). The SMILES string of the molecule is Cc1cc(OCCN2C(=O)CN(C)C2=O)c(Cl)cc1C=O. The second-order valence-corrected chi connectivity index (χ2v) is 5.20. The molecule has 21 heavy (non-hydrogen) atoms. The van der Waals surface area contributed by atoms with Crippen molar-refractivity contribution in [3.05, 3.63) is 28.3 Å². The van der Waals surface area contributed by atoms with Crippen LogP contribution in [0.3, 0.4) is 0 Å². The third-order valence-electron chi connectivity index (χ3n) is 3.25. The van der Waals surface area contributed by atoms with E-state index < -0.39 is 0 Å². The molecule has 0 unspecified atom stereocenters. The number of hydrogen-bond acceptors (Lipinski definition) is 4. The molecule has 0 N–H and O–H groups in total. The minimum absolute atomic E-state index is 0.0900. The summed E-state index contributed by atoms with van der Waals surface area (Å²) in [6, 6.07) is 2.85. The maximum Gasteiger partial charge on any atom is 0.327 e. The molecule has 0 radical (unpaired) electrons. The average molecular weight is 311 g/mol. The van der Waals surface area contributed by atoms with E-state index in [-0.39, 0.29) is 31.6 Å². The van der Waals surface area contributed by atoms with E-state index >= 15 is 0 Å². The number of amides is 3. The number of halogens is 1. The topological polar surface area (TPSA) is 66.9 Å². The first-order valence-electron chi connectivity index (χ1n) is 6.37. The van der Waals surface area contributed by atoms with Crippen LogP contribution in [0.4, 0.5) is 4.79 Å². The number of likely N-dealkylation sites (N-methyl/N-ethyl adjacent to an activating group) is 1. The number of imide groups is 1. The smallest absolute Gasteiger partial charge is 0.327 e. The quantitative estimate of drug-likeness (QED) is 0.613. The summed E-state index contributed by atoms with van der Waals surface area (Å²) in [4.78, 5) is 36.5. The standard InChI is InChI=1S/C14H15ClN2O4/c1-9-5-12(11(15)6-10(9)8-18)21-4-3-17-13(19)7-16(2)14(17)20/h5-6,8H,3-4,7H2,1-2H3. The highest BCUT2D eigenvalue weighted by Gasteiger charge is 2.33. The number of aldehydes is 1. The molecule has 1 saturated heterocycles. The lowest BCUT2D eigenvalue weighted by Gasteiger charge is -2.15. The second kappa shape index (κ2) is 6.13. The molecule has 0 atom stereocenters. The van der Waals surface area contributed by atoms with Crippen LogP contribution in [0.25, 0.3) is 0 Å². The van der Waals surface area contributed by atoms with E-state index in [0.29, 0.717) is 16.3 Å². The predicted molar refractivity (Wildman–Crippen MR) is 76.8 cm³/mol. The summed E-state index contributed by atoms with van der Waals surface area (Å²) in [6.07, 6.45) is 0.725. The molecule has 1 aromatic carbocycles. The lowest BCUT2D eigenvalue weighted by molar-refractivity contribution is -0.125. The Balaban J connectivity index is 1.98. The average Bonchev–Trinajstić information content (AvgIpc) is 2.68. The van der Waals surface area contributed by atoms with Gasteiger partial charge in [0.25, 0.3) is 0 Å². The molecular formula is C14H15ClN2O4. The number of carbonyl (C=O) groups is 3. The monoisotopic (exact) mass is 310 g/mol. The highest BCUT2D eigenvalue weighted by atomic mass is 35.5. The van der Waals surface area contributed by atoms with Crippen molar-refractivity contribution < 1.29 is 19.1 Å². The van der Waals surface area contributed by atoms with Gasteiger partial charge in [0.2, 0.25) is 5.91 Å². The normalized spacial score (nSPS) is 14.8. The Hall–Kier alpha value is -2.08. The highest BCUT2D eigenvalue weighted by molar-refractivity contribution is 6.32. The van der Waals surface area contributed by atoms with Crippen molar-refractivity contribution in [2.75, 3.05) is 26.7 Å². The van der Waals surface area contributed by atoms with E-state index in [1.54, 1.807) is 20.0 Å². The molecular weight excluding hydrogens is 296 g/mol. The third kappa shape index (κ3) is 3.16. The number of urea groups is 1. The van der Waals surface area contributed by atoms with Gasteiger partial charge in [0, 0.05) is 12.6 Å². The van der Waals surface area contributed by atoms with Crippen LogP contribution in [-0.2, 0) is 4.79 Å². The molecule has 1 heterocycles. The number of aryl methyl sites for hydroxylation is 1. The zero-order valence-electron chi connectivity index (χ0n) is 11.8. The molecule has 1 aliphatic heterocycles. The van der Waals surface area contributed by atoms with Crippen LogP contribution < -0.4 is 4.74 Å². The predicted octanol–water partition coefficient (Wildman–Crippen LogP) is 1.73. The number of ether oxygens (including phenoxy) is 1. The molecule has 7 heteroatoms. The van der Waals surface area contributed by atoms with Gasteiger partial charge in [-0.25, -0.2) is 4.79 Å². The molecule has 3 amide bonds. The number of benzene rings is 1. The summed E-state index contributed by atoms with van der Waals surface area (Å²) in [5, 5.41) is 0.318. The van der Waals surface area contributed by atoms with Gasteiger partial charge in [-0.15, -0.1) is 0 Å². The number of hydrogen-bond donors (Lipinski definition) is 0. The van der Waals surface area contributed by atoms with Crippen molar-refractivity contribution in [1.82, 2.24) is 9.80 Å². The zero-order chi connectivity index (χ0) is 15.6. The second-order valence-electron chi connectivity index (χ2n) is 4.79. The molecule has 0 aliphatic carbocycles. The van der Waals surface area contributed by atoms with Gasteiger partial charge in [-0.3, -0.25) is 14.5 Å². The molecule has 0 bridgehead atoms. The fourth-order valence-corrected chi connectivity index (χ4v) is 2.27. The largest absolute Gasteiger partial charge is 0.490 e. The summed E-state index contributed by atoms with van der Waals surface area (Å²) >= 11 is 6.02. The fraction of sp³-hybridized carbons (Fsp3) is 0.357. The van der Waals surface area contributed by atoms with Crippen LogP contribution in [0, 0.1) is 6.92 Å². The van der Waals surface area contributed by atoms with Crippen LogP contribution in [-0.4, -0.2) is 54.8 Å². The first-order valence-corrected chi connectivity index (χ1v) is 6.75. The maximum atomic E-state index is 11.7. The minimum atomic E-state index is -0.331. The van der Waals surface area contributed by atoms with Crippen LogP contribution in [0.15, 0.2) is 12.1 Å². The van der Waals surface area contributed by atoms with Gasteiger partial charge < -0.3 is 9.64 Å². The Morgan fingerprint density at radius 3 is 2.67 bits per heavy atom. The van der Waals surface area contributed by atoms with Crippen molar-refractivity contribution in [1.29, 1.82) is 0 Å². The Morgan fingerprint density at radius 2 is 2.10 bits per heavy atom. The van der Waals surface area contributed by atoms with Gasteiger partial charge in [0.1, 0.15) is 25.2 Å². The van der Waals surface area contributed by atoms with E-state index in [1.807, 2.05) is 0 Å². The molecule has 0 aromatic heterocycles. The van der Waals surface area contributed by atoms with Crippen LogP contribution in [0.1, 0.15) is 15.9 Å². The number of rotatable bonds is 5. The lowest BCUT2D eigenvalue weighted by atomic mass is 10.1. The summed E-state index contributed by atoms with van der Waals surface area (Å²) < 4.78 is 5.50.